The van der Waals surface area contributed by atoms with Crippen molar-refractivity contribution in [2.24, 2.45) is 5.73 Å². The molecule has 5 heteroatoms. The number of likely N-dealkylation sites (N-methyl/N-ethyl adjacent to an activating group) is 2. The highest BCUT2D eigenvalue weighted by Crippen LogP contribution is 1.97. The van der Waals surface area contributed by atoms with Crippen molar-refractivity contribution in [3.05, 3.63) is 0 Å². The van der Waals surface area contributed by atoms with Crippen LogP contribution in [0.5, 0.6) is 0 Å². The third-order valence-electron chi connectivity index (χ3n) is 2.52. The van der Waals surface area contributed by atoms with Gasteiger partial charge < -0.3 is 15.5 Å². The van der Waals surface area contributed by atoms with E-state index in [-0.39, 0.29) is 24.8 Å². The molecule has 0 aliphatic rings. The number of amides is 2. The summed E-state index contributed by atoms with van der Waals surface area (Å²) in [6.07, 6.45) is 5.27. The van der Waals surface area contributed by atoms with E-state index in [0.717, 1.165) is 0 Å². The molecule has 0 saturated carbocycles. The molecular weight excluding hydrogens is 218 g/mol. The number of rotatable bonds is 6. The summed E-state index contributed by atoms with van der Waals surface area (Å²) in [6.45, 7) is 5.10. The second kappa shape index (κ2) is 7.69. The zero-order valence-corrected chi connectivity index (χ0v) is 10.8. The molecule has 17 heavy (non-hydrogen) atoms. The molecule has 96 valence electrons. The quantitative estimate of drug-likeness (QED) is 0.645. The molecular formula is C12H21N3O2. The Morgan fingerprint density at radius 2 is 1.88 bits per heavy atom. The number of hydrogen-bond acceptors (Lipinski definition) is 3. The molecule has 0 aromatic carbocycles. The van der Waals surface area contributed by atoms with Crippen LogP contribution in [-0.2, 0) is 9.59 Å². The molecule has 0 heterocycles. The van der Waals surface area contributed by atoms with Gasteiger partial charge in [0.15, 0.2) is 0 Å². The maximum atomic E-state index is 11.8. The standard InChI is InChI=1S/C12H21N3O2/c1-5-8-10(13)12(17)14(4)9-11(16)15(6-2)7-3/h1,10H,6-9,13H2,2-4H3. The molecule has 0 rings (SSSR count). The highest BCUT2D eigenvalue weighted by atomic mass is 16.2. The van der Waals surface area contributed by atoms with Crippen LogP contribution in [0.3, 0.4) is 0 Å². The lowest BCUT2D eigenvalue weighted by Gasteiger charge is -2.24. The lowest BCUT2D eigenvalue weighted by molar-refractivity contribution is -0.139. The maximum absolute atomic E-state index is 11.8. The van der Waals surface area contributed by atoms with Crippen LogP contribution in [0, 0.1) is 12.3 Å². The number of nitrogens with zero attached hydrogens (tertiary/aromatic N) is 2. The van der Waals surface area contributed by atoms with Crippen molar-refractivity contribution < 1.29 is 9.59 Å². The van der Waals surface area contributed by atoms with Gasteiger partial charge in [0.1, 0.15) is 0 Å². The minimum atomic E-state index is -0.727. The molecule has 0 aliphatic heterocycles. The zero-order valence-electron chi connectivity index (χ0n) is 10.8. The van der Waals surface area contributed by atoms with Crippen LogP contribution in [0.1, 0.15) is 20.3 Å². The minimum Gasteiger partial charge on any atom is -0.342 e. The molecule has 2 N–H and O–H groups in total. The number of terminal acetylenes is 1. The topological polar surface area (TPSA) is 66.6 Å². The van der Waals surface area contributed by atoms with Crippen molar-refractivity contribution in [3.8, 4) is 12.3 Å². The van der Waals surface area contributed by atoms with Crippen LogP contribution in [0.25, 0.3) is 0 Å². The van der Waals surface area contributed by atoms with Crippen LogP contribution < -0.4 is 5.73 Å². The van der Waals surface area contributed by atoms with Gasteiger partial charge in [-0.15, -0.1) is 12.3 Å². The number of hydrogen-bond donors (Lipinski definition) is 1. The molecule has 0 saturated heterocycles. The highest BCUT2D eigenvalue weighted by Gasteiger charge is 2.20. The Hall–Kier alpha value is -1.54. The Bertz CT molecular complexity index is 305. The fourth-order valence-corrected chi connectivity index (χ4v) is 1.45. The molecule has 0 fully saturated rings. The van der Waals surface area contributed by atoms with Gasteiger partial charge in [-0.1, -0.05) is 0 Å². The van der Waals surface area contributed by atoms with E-state index in [2.05, 4.69) is 5.92 Å². The van der Waals surface area contributed by atoms with Crippen molar-refractivity contribution in [2.75, 3.05) is 26.7 Å². The van der Waals surface area contributed by atoms with E-state index >= 15 is 0 Å². The summed E-state index contributed by atoms with van der Waals surface area (Å²) in [4.78, 5) is 26.4. The molecule has 0 aromatic rings. The van der Waals surface area contributed by atoms with Crippen molar-refractivity contribution in [1.82, 2.24) is 9.80 Å². The van der Waals surface area contributed by atoms with E-state index in [1.807, 2.05) is 13.8 Å². The normalized spacial score (nSPS) is 11.5. The number of carbonyl (C=O) groups is 2. The van der Waals surface area contributed by atoms with E-state index in [1.54, 1.807) is 11.9 Å². The van der Waals surface area contributed by atoms with Crippen molar-refractivity contribution >= 4 is 11.8 Å². The Labute approximate surface area is 103 Å². The van der Waals surface area contributed by atoms with Crippen LogP contribution in [-0.4, -0.2) is 54.3 Å². The first kappa shape index (κ1) is 15.5. The minimum absolute atomic E-state index is 0.0405. The molecule has 2 amide bonds. The summed E-state index contributed by atoms with van der Waals surface area (Å²) in [5.74, 6) is 1.95. The Morgan fingerprint density at radius 1 is 1.35 bits per heavy atom. The predicted molar refractivity (Wildman–Crippen MR) is 67.0 cm³/mol. The first-order valence-corrected chi connectivity index (χ1v) is 5.69. The number of nitrogens with two attached hydrogens (primary N) is 1. The van der Waals surface area contributed by atoms with E-state index in [4.69, 9.17) is 12.2 Å². The molecule has 0 bridgehead atoms. The van der Waals surface area contributed by atoms with Crippen LogP contribution in [0.4, 0.5) is 0 Å². The van der Waals surface area contributed by atoms with Crippen LogP contribution >= 0.6 is 0 Å². The van der Waals surface area contributed by atoms with E-state index in [0.29, 0.717) is 13.1 Å². The Balaban J connectivity index is 4.34. The second-order valence-corrected chi connectivity index (χ2v) is 3.78. The van der Waals surface area contributed by atoms with Gasteiger partial charge in [-0.3, -0.25) is 9.59 Å². The third-order valence-corrected chi connectivity index (χ3v) is 2.52. The molecule has 0 spiro atoms. The van der Waals surface area contributed by atoms with Gasteiger partial charge in [-0.25, -0.2) is 0 Å². The molecule has 0 radical (unpaired) electrons. The van der Waals surface area contributed by atoms with E-state index < -0.39 is 6.04 Å². The van der Waals surface area contributed by atoms with Gasteiger partial charge in [-0.2, -0.15) is 0 Å². The third kappa shape index (κ3) is 4.87. The summed E-state index contributed by atoms with van der Waals surface area (Å²) in [5, 5.41) is 0. The fraction of sp³-hybridized carbons (Fsp3) is 0.667. The van der Waals surface area contributed by atoms with Crippen molar-refractivity contribution in [3.63, 3.8) is 0 Å². The van der Waals surface area contributed by atoms with Gasteiger partial charge in [0, 0.05) is 26.6 Å². The lowest BCUT2D eigenvalue weighted by atomic mass is 10.2. The van der Waals surface area contributed by atoms with Gasteiger partial charge >= 0.3 is 0 Å². The fourth-order valence-electron chi connectivity index (χ4n) is 1.45. The highest BCUT2D eigenvalue weighted by molar-refractivity contribution is 5.87. The Kier molecular flexibility index (Phi) is 6.99. The Morgan fingerprint density at radius 3 is 2.29 bits per heavy atom. The summed E-state index contributed by atoms with van der Waals surface area (Å²) in [5.41, 5.74) is 5.59. The summed E-state index contributed by atoms with van der Waals surface area (Å²) >= 11 is 0. The van der Waals surface area contributed by atoms with E-state index in [1.165, 1.54) is 4.90 Å². The SMILES string of the molecule is C#CCC(N)C(=O)N(C)CC(=O)N(CC)CC. The molecule has 0 aliphatic carbocycles. The average Bonchev–Trinajstić information content (AvgIpc) is 2.29. The molecule has 1 atom stereocenters. The van der Waals surface area contributed by atoms with Crippen LogP contribution in [0.2, 0.25) is 0 Å². The van der Waals surface area contributed by atoms with Gasteiger partial charge in [0.2, 0.25) is 11.8 Å². The first-order chi connectivity index (χ1) is 7.97. The monoisotopic (exact) mass is 239 g/mol. The van der Waals surface area contributed by atoms with Crippen molar-refractivity contribution in [2.45, 2.75) is 26.3 Å². The average molecular weight is 239 g/mol. The number of carbonyl (C=O) groups excluding carboxylic acids is 2. The lowest BCUT2D eigenvalue weighted by Crippen LogP contribution is -2.46. The van der Waals surface area contributed by atoms with Gasteiger partial charge in [0.25, 0.3) is 0 Å². The van der Waals surface area contributed by atoms with Crippen molar-refractivity contribution in [1.29, 1.82) is 0 Å². The molecule has 0 aromatic heterocycles. The van der Waals surface area contributed by atoms with Crippen LogP contribution in [0.15, 0.2) is 0 Å². The summed E-state index contributed by atoms with van der Waals surface area (Å²) in [6, 6.07) is -0.727. The maximum Gasteiger partial charge on any atom is 0.242 e. The summed E-state index contributed by atoms with van der Waals surface area (Å²) in [7, 11) is 1.56. The second-order valence-electron chi connectivity index (χ2n) is 3.78. The first-order valence-electron chi connectivity index (χ1n) is 5.69. The zero-order chi connectivity index (χ0) is 13.4. The largest absolute Gasteiger partial charge is 0.342 e. The summed E-state index contributed by atoms with van der Waals surface area (Å²) < 4.78 is 0. The van der Waals surface area contributed by atoms with Gasteiger partial charge in [-0.05, 0) is 13.8 Å². The van der Waals surface area contributed by atoms with Gasteiger partial charge in [0.05, 0.1) is 12.6 Å². The predicted octanol–water partition coefficient (Wildman–Crippen LogP) is -0.336. The molecule has 5 nitrogen and oxygen atoms in total. The molecule has 1 unspecified atom stereocenters. The van der Waals surface area contributed by atoms with E-state index in [9.17, 15) is 9.59 Å². The smallest absolute Gasteiger partial charge is 0.242 e.